The van der Waals surface area contributed by atoms with Crippen LogP contribution >= 0.6 is 0 Å². The molecule has 0 spiro atoms. The third kappa shape index (κ3) is 6.70. The van der Waals surface area contributed by atoms with Crippen LogP contribution in [0.2, 0.25) is 0 Å². The SMILES string of the molecule is CC(C)(C)C1CCc2nc3ccc(C(=O)N[C@H](CCN4CCC(O)CC4)c4ccc(N5CCOC5=O)cc4)cc3cc2C1. The summed E-state index contributed by atoms with van der Waals surface area (Å²) in [6.45, 7) is 10.4. The number of aryl methyl sites for hydroxylation is 1. The largest absolute Gasteiger partial charge is 0.447 e. The lowest BCUT2D eigenvalue weighted by Crippen LogP contribution is -2.38. The Morgan fingerprint density at radius 2 is 1.84 bits per heavy atom. The van der Waals surface area contributed by atoms with Crippen molar-refractivity contribution in [3.05, 3.63) is 70.9 Å². The number of aliphatic hydroxyl groups is 1. The fraction of sp³-hybridized carbons (Fsp3) is 0.514. The number of nitrogens with one attached hydrogen (secondary N) is 1. The Bertz CT molecular complexity index is 1470. The van der Waals surface area contributed by atoms with Gasteiger partial charge < -0.3 is 20.1 Å². The van der Waals surface area contributed by atoms with Gasteiger partial charge in [0.2, 0.25) is 0 Å². The molecule has 0 bridgehead atoms. The molecule has 3 aliphatic rings. The summed E-state index contributed by atoms with van der Waals surface area (Å²) in [5, 5.41) is 14.2. The fourth-order valence-corrected chi connectivity index (χ4v) is 6.75. The lowest BCUT2D eigenvalue weighted by molar-refractivity contribution is 0.0795. The van der Waals surface area contributed by atoms with Gasteiger partial charge in [0, 0.05) is 42.0 Å². The second-order valence-corrected chi connectivity index (χ2v) is 13.6. The number of benzene rings is 2. The van der Waals surface area contributed by atoms with E-state index >= 15 is 0 Å². The summed E-state index contributed by atoms with van der Waals surface area (Å²) in [6.07, 6.45) is 4.95. The minimum atomic E-state index is -0.328. The van der Waals surface area contributed by atoms with Crippen molar-refractivity contribution in [1.29, 1.82) is 0 Å². The quantitative estimate of drug-likeness (QED) is 0.372. The third-order valence-corrected chi connectivity index (χ3v) is 9.63. The average Bonchev–Trinajstić information content (AvgIpc) is 3.43. The van der Waals surface area contributed by atoms with E-state index in [0.717, 1.165) is 80.3 Å². The topological polar surface area (TPSA) is 95.0 Å². The van der Waals surface area contributed by atoms with Gasteiger partial charge >= 0.3 is 6.09 Å². The summed E-state index contributed by atoms with van der Waals surface area (Å²) in [7, 11) is 0. The van der Waals surface area contributed by atoms with Gasteiger partial charge in [-0.25, -0.2) is 4.79 Å². The van der Waals surface area contributed by atoms with Crippen molar-refractivity contribution in [3.63, 3.8) is 0 Å². The number of rotatable bonds is 7. The van der Waals surface area contributed by atoms with Crippen molar-refractivity contribution < 1.29 is 19.4 Å². The molecule has 1 aliphatic carbocycles. The maximum atomic E-state index is 13.7. The number of likely N-dealkylation sites (tertiary alicyclic amines) is 1. The zero-order valence-corrected chi connectivity index (χ0v) is 25.6. The number of pyridine rings is 1. The maximum absolute atomic E-state index is 13.7. The summed E-state index contributed by atoms with van der Waals surface area (Å²) in [6, 6.07) is 15.7. The summed E-state index contributed by atoms with van der Waals surface area (Å²) in [5.41, 5.74) is 6.10. The molecule has 2 aromatic carbocycles. The molecule has 6 rings (SSSR count). The van der Waals surface area contributed by atoms with Gasteiger partial charge in [0.05, 0.1) is 24.2 Å². The van der Waals surface area contributed by atoms with Crippen molar-refractivity contribution >= 4 is 28.6 Å². The molecule has 1 unspecified atom stereocenters. The van der Waals surface area contributed by atoms with Crippen LogP contribution in [0.3, 0.4) is 0 Å². The van der Waals surface area contributed by atoms with Gasteiger partial charge in [-0.3, -0.25) is 14.7 Å². The van der Waals surface area contributed by atoms with Crippen LogP contribution in [0, 0.1) is 11.3 Å². The highest BCUT2D eigenvalue weighted by molar-refractivity contribution is 5.98. The van der Waals surface area contributed by atoms with E-state index in [4.69, 9.17) is 9.72 Å². The Labute approximate surface area is 254 Å². The molecule has 0 radical (unpaired) electrons. The summed E-state index contributed by atoms with van der Waals surface area (Å²) in [4.78, 5) is 34.7. The number of carbonyl (C=O) groups excluding carboxylic acids is 2. The number of fused-ring (bicyclic) bond motifs is 2. The number of cyclic esters (lactones) is 1. The Kier molecular flexibility index (Phi) is 8.42. The lowest BCUT2D eigenvalue weighted by Gasteiger charge is -2.34. The number of piperidine rings is 1. The van der Waals surface area contributed by atoms with E-state index in [9.17, 15) is 14.7 Å². The molecule has 2 amide bonds. The molecule has 8 heteroatoms. The summed E-state index contributed by atoms with van der Waals surface area (Å²) >= 11 is 0. The molecule has 43 heavy (non-hydrogen) atoms. The lowest BCUT2D eigenvalue weighted by atomic mass is 9.71. The van der Waals surface area contributed by atoms with Crippen LogP contribution < -0.4 is 10.2 Å². The molecule has 2 aliphatic heterocycles. The monoisotopic (exact) mass is 584 g/mol. The molecule has 2 fully saturated rings. The first-order valence-corrected chi connectivity index (χ1v) is 15.8. The van der Waals surface area contributed by atoms with Gasteiger partial charge in [-0.15, -0.1) is 0 Å². The highest BCUT2D eigenvalue weighted by atomic mass is 16.6. The number of hydrogen-bond acceptors (Lipinski definition) is 6. The molecule has 8 nitrogen and oxygen atoms in total. The van der Waals surface area contributed by atoms with Gasteiger partial charge in [-0.2, -0.15) is 0 Å². The molecule has 3 heterocycles. The number of aliphatic hydroxyl groups excluding tert-OH is 1. The highest BCUT2D eigenvalue weighted by Gasteiger charge is 2.30. The molecule has 1 aromatic heterocycles. The van der Waals surface area contributed by atoms with Crippen LogP contribution in [0.15, 0.2) is 48.5 Å². The van der Waals surface area contributed by atoms with Crippen LogP contribution in [0.5, 0.6) is 0 Å². The molecule has 3 aromatic rings. The Morgan fingerprint density at radius 3 is 2.53 bits per heavy atom. The molecule has 228 valence electrons. The van der Waals surface area contributed by atoms with E-state index in [2.05, 4.69) is 37.1 Å². The summed E-state index contributed by atoms with van der Waals surface area (Å²) < 4.78 is 5.10. The number of carbonyl (C=O) groups is 2. The Hall–Kier alpha value is -3.49. The normalized spacial score (nSPS) is 20.6. The fourth-order valence-electron chi connectivity index (χ4n) is 6.75. The van der Waals surface area contributed by atoms with Crippen molar-refractivity contribution in [3.8, 4) is 0 Å². The van der Waals surface area contributed by atoms with Crippen LogP contribution in [0.4, 0.5) is 10.5 Å². The van der Waals surface area contributed by atoms with Crippen molar-refractivity contribution in [1.82, 2.24) is 15.2 Å². The molecule has 2 atom stereocenters. The predicted molar refractivity (Wildman–Crippen MR) is 168 cm³/mol. The van der Waals surface area contributed by atoms with E-state index in [-0.39, 0.29) is 29.6 Å². The molecule has 2 N–H and O–H groups in total. The summed E-state index contributed by atoms with van der Waals surface area (Å²) in [5.74, 6) is 0.510. The minimum absolute atomic E-state index is 0.113. The van der Waals surface area contributed by atoms with Gasteiger partial charge in [0.1, 0.15) is 6.61 Å². The Morgan fingerprint density at radius 1 is 1.07 bits per heavy atom. The zero-order chi connectivity index (χ0) is 30.1. The van der Waals surface area contributed by atoms with Crippen LogP contribution in [0.25, 0.3) is 10.9 Å². The highest BCUT2D eigenvalue weighted by Crippen LogP contribution is 2.37. The van der Waals surface area contributed by atoms with Crippen LogP contribution in [-0.4, -0.2) is 65.9 Å². The number of hydrogen-bond donors (Lipinski definition) is 2. The maximum Gasteiger partial charge on any atom is 0.414 e. The van der Waals surface area contributed by atoms with Crippen LogP contribution in [-0.2, 0) is 17.6 Å². The number of ether oxygens (including phenoxy) is 1. The van der Waals surface area contributed by atoms with Gasteiger partial charge in [-0.05, 0) is 97.4 Å². The molecular weight excluding hydrogens is 540 g/mol. The average molecular weight is 585 g/mol. The van der Waals surface area contributed by atoms with Gasteiger partial charge in [0.15, 0.2) is 0 Å². The first kappa shape index (κ1) is 29.6. The van der Waals surface area contributed by atoms with E-state index < -0.39 is 0 Å². The van der Waals surface area contributed by atoms with Gasteiger partial charge in [0.25, 0.3) is 5.91 Å². The molecule has 2 saturated heterocycles. The van der Waals surface area contributed by atoms with E-state index in [0.29, 0.717) is 24.6 Å². The van der Waals surface area contributed by atoms with Crippen LogP contribution in [0.1, 0.15) is 79.7 Å². The van der Waals surface area contributed by atoms with Gasteiger partial charge in [-0.1, -0.05) is 32.9 Å². The third-order valence-electron chi connectivity index (χ3n) is 9.63. The number of aromatic nitrogens is 1. The van der Waals surface area contributed by atoms with Crippen molar-refractivity contribution in [2.45, 2.75) is 71.4 Å². The van der Waals surface area contributed by atoms with Crippen molar-refractivity contribution in [2.75, 3.05) is 37.7 Å². The minimum Gasteiger partial charge on any atom is -0.447 e. The van der Waals surface area contributed by atoms with E-state index in [1.807, 2.05) is 42.5 Å². The molecular formula is C35H44N4O4. The standard InChI is InChI=1S/C35H44N4O4/c1-35(2,3)27-7-11-31-26(22-27)21-25-20-24(6-10-30(25)36-31)33(41)37-32(14-17-38-15-12-29(40)13-16-38)23-4-8-28(9-5-23)39-18-19-43-34(39)42/h4-6,8-10,20-21,27,29,32,40H,7,11-19,22H2,1-3H3,(H,37,41)/t27?,32-/m1/s1. The van der Waals surface area contributed by atoms with Crippen molar-refractivity contribution in [2.24, 2.45) is 11.3 Å². The zero-order valence-electron chi connectivity index (χ0n) is 25.6. The first-order chi connectivity index (χ1) is 20.6. The predicted octanol–water partition coefficient (Wildman–Crippen LogP) is 5.66. The Balaban J connectivity index is 1.21. The molecule has 0 saturated carbocycles. The first-order valence-electron chi connectivity index (χ1n) is 15.8. The smallest absolute Gasteiger partial charge is 0.414 e. The number of nitrogens with zero attached hydrogens (tertiary/aromatic N) is 3. The van der Waals surface area contributed by atoms with E-state index in [1.54, 1.807) is 4.90 Å². The number of amides is 2. The van der Waals surface area contributed by atoms with E-state index in [1.165, 1.54) is 11.3 Å². The number of anilines is 1. The second kappa shape index (κ2) is 12.2. The second-order valence-electron chi connectivity index (χ2n) is 13.6.